The van der Waals surface area contributed by atoms with Crippen LogP contribution in [0.5, 0.6) is 5.75 Å². The Labute approximate surface area is 152 Å². The van der Waals surface area contributed by atoms with E-state index in [1.54, 1.807) is 0 Å². The SMILES string of the molecule is CC1(C2CCCC2)Cc2cc(OCCCC=O)c(Cl)c(Cl)c2C1=O. The number of ketones is 1. The molecule has 1 saturated carbocycles. The van der Waals surface area contributed by atoms with Crippen molar-refractivity contribution in [2.24, 2.45) is 11.3 Å². The van der Waals surface area contributed by atoms with Gasteiger partial charge in [0, 0.05) is 17.4 Å². The van der Waals surface area contributed by atoms with Gasteiger partial charge < -0.3 is 9.53 Å². The largest absolute Gasteiger partial charge is 0.492 e. The molecule has 0 heterocycles. The third-order valence-corrected chi connectivity index (χ3v) is 6.39. The molecule has 3 rings (SSSR count). The van der Waals surface area contributed by atoms with E-state index in [4.69, 9.17) is 27.9 Å². The molecule has 0 spiro atoms. The van der Waals surface area contributed by atoms with Gasteiger partial charge in [-0.2, -0.15) is 0 Å². The van der Waals surface area contributed by atoms with E-state index in [0.29, 0.717) is 53.1 Å². The van der Waals surface area contributed by atoms with Crippen molar-refractivity contribution in [3.8, 4) is 5.75 Å². The fraction of sp³-hybridized carbons (Fsp3) is 0.579. The number of hydrogen-bond donors (Lipinski definition) is 0. The topological polar surface area (TPSA) is 43.4 Å². The first kappa shape index (κ1) is 17.8. The Morgan fingerprint density at radius 2 is 2.00 bits per heavy atom. The third kappa shape index (κ3) is 2.97. The van der Waals surface area contributed by atoms with Gasteiger partial charge in [-0.25, -0.2) is 0 Å². The first-order chi connectivity index (χ1) is 11.5. The van der Waals surface area contributed by atoms with Crippen molar-refractivity contribution in [1.29, 1.82) is 0 Å². The van der Waals surface area contributed by atoms with E-state index in [2.05, 4.69) is 6.92 Å². The standard InChI is InChI=1S/C19H22Cl2O3/c1-19(13-6-2-3-7-13)11-12-10-14(24-9-5-4-8-22)16(20)17(21)15(12)18(19)23/h8,10,13H,2-7,9,11H2,1H3. The second kappa shape index (κ2) is 7.05. The smallest absolute Gasteiger partial charge is 0.171 e. The van der Waals surface area contributed by atoms with Gasteiger partial charge in [0.1, 0.15) is 17.1 Å². The fourth-order valence-electron chi connectivity index (χ4n) is 4.15. The highest BCUT2D eigenvalue weighted by Crippen LogP contribution is 2.52. The second-order valence-electron chi connectivity index (χ2n) is 7.10. The predicted molar refractivity (Wildman–Crippen MR) is 95.4 cm³/mol. The van der Waals surface area contributed by atoms with Crippen LogP contribution in [-0.2, 0) is 11.2 Å². The average molecular weight is 369 g/mol. The number of carbonyl (C=O) groups excluding carboxylic acids is 2. The Morgan fingerprint density at radius 3 is 2.67 bits per heavy atom. The number of halogens is 2. The van der Waals surface area contributed by atoms with Crippen LogP contribution in [0, 0.1) is 11.3 Å². The summed E-state index contributed by atoms with van der Waals surface area (Å²) in [5.41, 5.74) is 1.15. The van der Waals surface area contributed by atoms with E-state index in [-0.39, 0.29) is 11.2 Å². The number of fused-ring (bicyclic) bond motifs is 1. The van der Waals surface area contributed by atoms with Gasteiger partial charge in [-0.1, -0.05) is 43.0 Å². The maximum atomic E-state index is 13.1. The molecule has 2 aliphatic rings. The van der Waals surface area contributed by atoms with Gasteiger partial charge in [-0.05, 0) is 43.2 Å². The summed E-state index contributed by atoms with van der Waals surface area (Å²) < 4.78 is 5.69. The monoisotopic (exact) mass is 368 g/mol. The van der Waals surface area contributed by atoms with Crippen LogP contribution < -0.4 is 4.74 Å². The van der Waals surface area contributed by atoms with Gasteiger partial charge in [0.15, 0.2) is 5.78 Å². The molecular formula is C19H22Cl2O3. The van der Waals surface area contributed by atoms with Gasteiger partial charge in [0.25, 0.3) is 0 Å². The predicted octanol–water partition coefficient (Wildman–Crippen LogP) is 5.29. The zero-order chi connectivity index (χ0) is 17.3. The molecule has 1 unspecified atom stereocenters. The quantitative estimate of drug-likeness (QED) is 0.506. The highest BCUT2D eigenvalue weighted by Gasteiger charge is 2.49. The number of carbonyl (C=O) groups is 2. The Balaban J connectivity index is 1.88. The number of Topliss-reactive ketones (excluding diaryl/α,β-unsaturated/α-hetero) is 1. The van der Waals surface area contributed by atoms with Crippen molar-refractivity contribution in [3.63, 3.8) is 0 Å². The van der Waals surface area contributed by atoms with Gasteiger partial charge in [0.2, 0.25) is 0 Å². The van der Waals surface area contributed by atoms with E-state index in [1.165, 1.54) is 12.8 Å². The molecule has 1 aromatic carbocycles. The first-order valence-corrected chi connectivity index (χ1v) is 9.36. The number of unbranched alkanes of at least 4 members (excludes halogenated alkanes) is 1. The van der Waals surface area contributed by atoms with Crippen molar-refractivity contribution < 1.29 is 14.3 Å². The van der Waals surface area contributed by atoms with Gasteiger partial charge in [0.05, 0.1) is 11.6 Å². The Kier molecular flexibility index (Phi) is 5.22. The molecule has 0 saturated heterocycles. The lowest BCUT2D eigenvalue weighted by molar-refractivity contribution is -0.108. The normalized spacial score (nSPS) is 23.5. The van der Waals surface area contributed by atoms with Crippen molar-refractivity contribution in [2.45, 2.75) is 51.9 Å². The Hall–Kier alpha value is -1.06. The molecule has 0 amide bonds. The minimum Gasteiger partial charge on any atom is -0.492 e. The molecular weight excluding hydrogens is 347 g/mol. The van der Waals surface area contributed by atoms with Crippen LogP contribution in [0.15, 0.2) is 6.07 Å². The summed E-state index contributed by atoms with van der Waals surface area (Å²) in [4.78, 5) is 23.5. The van der Waals surface area contributed by atoms with E-state index >= 15 is 0 Å². The minimum atomic E-state index is -0.373. The van der Waals surface area contributed by atoms with Crippen LogP contribution in [0.2, 0.25) is 10.0 Å². The molecule has 0 aromatic heterocycles. The fourth-order valence-corrected chi connectivity index (χ4v) is 4.65. The van der Waals surface area contributed by atoms with E-state index in [1.807, 2.05) is 6.07 Å². The van der Waals surface area contributed by atoms with Crippen LogP contribution in [0.3, 0.4) is 0 Å². The molecule has 24 heavy (non-hydrogen) atoms. The molecule has 0 bridgehead atoms. The van der Waals surface area contributed by atoms with Gasteiger partial charge in [-0.3, -0.25) is 4.79 Å². The average Bonchev–Trinajstić information content (AvgIpc) is 3.17. The number of aldehydes is 1. The zero-order valence-electron chi connectivity index (χ0n) is 13.9. The van der Waals surface area contributed by atoms with Crippen LogP contribution in [0.4, 0.5) is 0 Å². The minimum absolute atomic E-state index is 0.129. The molecule has 5 heteroatoms. The highest BCUT2D eigenvalue weighted by molar-refractivity contribution is 6.45. The molecule has 0 N–H and O–H groups in total. The zero-order valence-corrected chi connectivity index (χ0v) is 15.4. The van der Waals surface area contributed by atoms with Crippen LogP contribution in [0.1, 0.15) is 61.4 Å². The molecule has 1 fully saturated rings. The van der Waals surface area contributed by atoms with E-state index in [9.17, 15) is 9.59 Å². The maximum absolute atomic E-state index is 13.1. The summed E-state index contributed by atoms with van der Waals surface area (Å²) in [6, 6.07) is 1.86. The Bertz CT molecular complexity index is 665. The summed E-state index contributed by atoms with van der Waals surface area (Å²) >= 11 is 12.8. The molecule has 0 aliphatic heterocycles. The first-order valence-electron chi connectivity index (χ1n) is 8.61. The lowest BCUT2D eigenvalue weighted by Gasteiger charge is -2.29. The van der Waals surface area contributed by atoms with E-state index < -0.39 is 0 Å². The van der Waals surface area contributed by atoms with Crippen molar-refractivity contribution >= 4 is 35.3 Å². The number of benzene rings is 1. The number of ether oxygens (including phenoxy) is 1. The molecule has 1 aromatic rings. The lowest BCUT2D eigenvalue weighted by Crippen LogP contribution is -2.32. The van der Waals surface area contributed by atoms with Crippen molar-refractivity contribution in [2.75, 3.05) is 6.61 Å². The number of rotatable bonds is 6. The molecule has 130 valence electrons. The van der Waals surface area contributed by atoms with Crippen molar-refractivity contribution in [3.05, 3.63) is 27.2 Å². The molecule has 0 radical (unpaired) electrons. The van der Waals surface area contributed by atoms with Gasteiger partial charge in [-0.15, -0.1) is 0 Å². The van der Waals surface area contributed by atoms with Crippen LogP contribution in [-0.4, -0.2) is 18.7 Å². The second-order valence-corrected chi connectivity index (χ2v) is 7.85. The molecule has 3 nitrogen and oxygen atoms in total. The van der Waals surface area contributed by atoms with Gasteiger partial charge >= 0.3 is 0 Å². The van der Waals surface area contributed by atoms with Crippen LogP contribution >= 0.6 is 23.2 Å². The Morgan fingerprint density at radius 1 is 1.29 bits per heavy atom. The maximum Gasteiger partial charge on any atom is 0.171 e. The molecule has 1 atom stereocenters. The summed E-state index contributed by atoms with van der Waals surface area (Å²) in [6.07, 6.45) is 7.27. The third-order valence-electron chi connectivity index (χ3n) is 5.54. The lowest BCUT2D eigenvalue weighted by atomic mass is 9.73. The summed E-state index contributed by atoms with van der Waals surface area (Å²) in [5.74, 6) is 1.06. The van der Waals surface area contributed by atoms with E-state index in [0.717, 1.165) is 24.7 Å². The summed E-state index contributed by atoms with van der Waals surface area (Å²) in [6.45, 7) is 2.47. The van der Waals surface area contributed by atoms with Crippen LogP contribution in [0.25, 0.3) is 0 Å². The summed E-state index contributed by atoms with van der Waals surface area (Å²) in [5, 5.41) is 0.608. The summed E-state index contributed by atoms with van der Waals surface area (Å²) in [7, 11) is 0. The molecule has 2 aliphatic carbocycles. The van der Waals surface area contributed by atoms with Crippen molar-refractivity contribution in [1.82, 2.24) is 0 Å². The number of hydrogen-bond acceptors (Lipinski definition) is 3. The highest BCUT2D eigenvalue weighted by atomic mass is 35.5.